The summed E-state index contributed by atoms with van der Waals surface area (Å²) in [4.78, 5) is 14.8. The minimum absolute atomic E-state index is 0.0734. The monoisotopic (exact) mass is 282 g/mol. The van der Waals surface area contributed by atoms with Gasteiger partial charge in [0.05, 0.1) is 6.61 Å². The summed E-state index contributed by atoms with van der Waals surface area (Å²) >= 11 is 0. The molecule has 4 heteroatoms. The van der Waals surface area contributed by atoms with Gasteiger partial charge in [-0.15, -0.1) is 0 Å². The second-order valence-corrected chi connectivity index (χ2v) is 6.70. The predicted molar refractivity (Wildman–Crippen MR) is 80.2 cm³/mol. The molecule has 4 nitrogen and oxygen atoms in total. The molecular weight excluding hydrogens is 252 g/mol. The van der Waals surface area contributed by atoms with E-state index in [0.717, 1.165) is 32.1 Å². The van der Waals surface area contributed by atoms with Crippen LogP contribution in [0, 0.1) is 11.8 Å². The van der Waals surface area contributed by atoms with Crippen molar-refractivity contribution in [2.75, 3.05) is 13.2 Å². The van der Waals surface area contributed by atoms with Gasteiger partial charge in [-0.05, 0) is 38.0 Å². The SMILES string of the molecule is CC1CC(C(=O)N(CCO)C2CCCCC2)CCC1N. The Morgan fingerprint density at radius 1 is 1.20 bits per heavy atom. The molecule has 0 bridgehead atoms. The second kappa shape index (κ2) is 7.41. The number of aliphatic hydroxyl groups excluding tert-OH is 1. The van der Waals surface area contributed by atoms with Crippen LogP contribution in [0.3, 0.4) is 0 Å². The largest absolute Gasteiger partial charge is 0.395 e. The fourth-order valence-corrected chi connectivity index (χ4v) is 3.85. The Balaban J connectivity index is 1.98. The lowest BCUT2D eigenvalue weighted by Gasteiger charge is -2.39. The molecule has 0 radical (unpaired) electrons. The molecule has 0 heterocycles. The van der Waals surface area contributed by atoms with Gasteiger partial charge in [-0.25, -0.2) is 0 Å². The number of carbonyl (C=O) groups excluding carboxylic acids is 1. The molecule has 0 aromatic carbocycles. The summed E-state index contributed by atoms with van der Waals surface area (Å²) in [6.45, 7) is 2.73. The van der Waals surface area contributed by atoms with E-state index in [0.29, 0.717) is 18.5 Å². The summed E-state index contributed by atoms with van der Waals surface area (Å²) in [5.74, 6) is 0.822. The topological polar surface area (TPSA) is 66.6 Å². The first-order valence-corrected chi connectivity index (χ1v) is 8.30. The molecule has 1 amide bonds. The van der Waals surface area contributed by atoms with Gasteiger partial charge in [-0.1, -0.05) is 26.2 Å². The summed E-state index contributed by atoms with van der Waals surface area (Å²) < 4.78 is 0. The van der Waals surface area contributed by atoms with Gasteiger partial charge < -0.3 is 15.7 Å². The van der Waals surface area contributed by atoms with Crippen LogP contribution in [0.1, 0.15) is 58.3 Å². The van der Waals surface area contributed by atoms with E-state index in [1.165, 1.54) is 19.3 Å². The van der Waals surface area contributed by atoms with Crippen molar-refractivity contribution in [2.45, 2.75) is 70.4 Å². The van der Waals surface area contributed by atoms with Crippen molar-refractivity contribution in [1.82, 2.24) is 4.90 Å². The minimum Gasteiger partial charge on any atom is -0.395 e. The first-order chi connectivity index (χ1) is 9.63. The fraction of sp³-hybridized carbons (Fsp3) is 0.938. The van der Waals surface area contributed by atoms with Gasteiger partial charge in [0, 0.05) is 24.5 Å². The third-order valence-corrected chi connectivity index (χ3v) is 5.22. The quantitative estimate of drug-likeness (QED) is 0.827. The van der Waals surface area contributed by atoms with E-state index in [2.05, 4.69) is 6.92 Å². The molecule has 2 rings (SSSR count). The van der Waals surface area contributed by atoms with Crippen molar-refractivity contribution >= 4 is 5.91 Å². The highest BCUT2D eigenvalue weighted by molar-refractivity contribution is 5.79. The van der Waals surface area contributed by atoms with Crippen molar-refractivity contribution in [3.63, 3.8) is 0 Å². The minimum atomic E-state index is 0.0734. The Hall–Kier alpha value is -0.610. The van der Waals surface area contributed by atoms with Crippen molar-refractivity contribution < 1.29 is 9.90 Å². The molecule has 3 unspecified atom stereocenters. The highest BCUT2D eigenvalue weighted by atomic mass is 16.3. The van der Waals surface area contributed by atoms with E-state index in [9.17, 15) is 9.90 Å². The van der Waals surface area contributed by atoms with E-state index in [1.54, 1.807) is 0 Å². The summed E-state index contributed by atoms with van der Waals surface area (Å²) in [6.07, 6.45) is 8.70. The maximum absolute atomic E-state index is 12.8. The Morgan fingerprint density at radius 3 is 2.50 bits per heavy atom. The Morgan fingerprint density at radius 2 is 1.90 bits per heavy atom. The highest BCUT2D eigenvalue weighted by Gasteiger charge is 2.34. The van der Waals surface area contributed by atoms with E-state index in [4.69, 9.17) is 5.73 Å². The number of rotatable bonds is 4. The molecule has 0 spiro atoms. The van der Waals surface area contributed by atoms with Gasteiger partial charge in [0.2, 0.25) is 5.91 Å². The van der Waals surface area contributed by atoms with Crippen LogP contribution < -0.4 is 5.73 Å². The standard InChI is InChI=1S/C16H30N2O2/c1-12-11-13(7-8-15(12)17)16(20)18(9-10-19)14-5-3-2-4-6-14/h12-15,19H,2-11,17H2,1H3. The molecule has 0 saturated heterocycles. The fourth-order valence-electron chi connectivity index (χ4n) is 3.85. The Bertz CT molecular complexity index is 316. The zero-order chi connectivity index (χ0) is 14.5. The van der Waals surface area contributed by atoms with Crippen LogP contribution in [0.2, 0.25) is 0 Å². The van der Waals surface area contributed by atoms with E-state index >= 15 is 0 Å². The third-order valence-electron chi connectivity index (χ3n) is 5.22. The third kappa shape index (κ3) is 3.73. The van der Waals surface area contributed by atoms with Crippen molar-refractivity contribution in [1.29, 1.82) is 0 Å². The number of aliphatic hydroxyl groups is 1. The highest BCUT2D eigenvalue weighted by Crippen LogP contribution is 2.31. The lowest BCUT2D eigenvalue weighted by Crippen LogP contribution is -2.48. The molecule has 20 heavy (non-hydrogen) atoms. The lowest BCUT2D eigenvalue weighted by atomic mass is 9.78. The summed E-state index contributed by atoms with van der Waals surface area (Å²) in [7, 11) is 0. The molecule has 2 aliphatic rings. The van der Waals surface area contributed by atoms with Gasteiger partial charge in [0.1, 0.15) is 0 Å². The molecule has 2 aliphatic carbocycles. The van der Waals surface area contributed by atoms with Gasteiger partial charge >= 0.3 is 0 Å². The molecule has 3 atom stereocenters. The van der Waals surface area contributed by atoms with Crippen LogP contribution in [0.15, 0.2) is 0 Å². The Labute approximate surface area is 122 Å². The molecule has 0 aliphatic heterocycles. The molecule has 2 saturated carbocycles. The normalized spacial score (nSPS) is 32.0. The van der Waals surface area contributed by atoms with E-state index < -0.39 is 0 Å². The number of hydrogen-bond acceptors (Lipinski definition) is 3. The summed E-state index contributed by atoms with van der Waals surface area (Å²) in [6, 6.07) is 0.606. The maximum Gasteiger partial charge on any atom is 0.226 e. The summed E-state index contributed by atoms with van der Waals surface area (Å²) in [5.41, 5.74) is 6.05. The van der Waals surface area contributed by atoms with E-state index in [1.807, 2.05) is 4.90 Å². The molecular formula is C16H30N2O2. The molecule has 0 aromatic heterocycles. The van der Waals surface area contributed by atoms with Crippen LogP contribution in [-0.2, 0) is 4.79 Å². The van der Waals surface area contributed by atoms with Gasteiger partial charge in [-0.3, -0.25) is 4.79 Å². The number of nitrogens with two attached hydrogens (primary N) is 1. The first kappa shape index (κ1) is 15.8. The van der Waals surface area contributed by atoms with Crippen molar-refractivity contribution in [2.24, 2.45) is 17.6 Å². The second-order valence-electron chi connectivity index (χ2n) is 6.70. The van der Waals surface area contributed by atoms with Crippen LogP contribution in [0.4, 0.5) is 0 Å². The summed E-state index contributed by atoms with van der Waals surface area (Å²) in [5, 5.41) is 9.29. The maximum atomic E-state index is 12.8. The van der Waals surface area contributed by atoms with Crippen LogP contribution in [-0.4, -0.2) is 41.1 Å². The number of amides is 1. The molecule has 2 fully saturated rings. The van der Waals surface area contributed by atoms with Crippen molar-refractivity contribution in [3.8, 4) is 0 Å². The van der Waals surface area contributed by atoms with Gasteiger partial charge in [0.15, 0.2) is 0 Å². The van der Waals surface area contributed by atoms with Crippen molar-refractivity contribution in [3.05, 3.63) is 0 Å². The number of nitrogens with zero attached hydrogens (tertiary/aromatic N) is 1. The predicted octanol–water partition coefficient (Wildman–Crippen LogP) is 1.90. The lowest BCUT2D eigenvalue weighted by molar-refractivity contribution is -0.141. The first-order valence-electron chi connectivity index (χ1n) is 8.30. The van der Waals surface area contributed by atoms with Crippen LogP contribution in [0.25, 0.3) is 0 Å². The number of carbonyl (C=O) groups is 1. The Kier molecular flexibility index (Phi) is 5.85. The zero-order valence-corrected chi connectivity index (χ0v) is 12.8. The average molecular weight is 282 g/mol. The molecule has 116 valence electrons. The average Bonchev–Trinajstić information content (AvgIpc) is 2.48. The molecule has 0 aromatic rings. The van der Waals surface area contributed by atoms with E-state index in [-0.39, 0.29) is 24.5 Å². The molecule has 3 N–H and O–H groups in total. The number of hydrogen-bond donors (Lipinski definition) is 2. The smallest absolute Gasteiger partial charge is 0.226 e. The van der Waals surface area contributed by atoms with Gasteiger partial charge in [0.25, 0.3) is 0 Å². The van der Waals surface area contributed by atoms with Crippen LogP contribution >= 0.6 is 0 Å². The van der Waals surface area contributed by atoms with Crippen LogP contribution in [0.5, 0.6) is 0 Å². The van der Waals surface area contributed by atoms with Gasteiger partial charge in [-0.2, -0.15) is 0 Å². The zero-order valence-electron chi connectivity index (χ0n) is 12.8.